The number of urea groups is 1. The van der Waals surface area contributed by atoms with Crippen LogP contribution >= 0.6 is 0 Å². The Labute approximate surface area is 158 Å². The van der Waals surface area contributed by atoms with Crippen molar-refractivity contribution in [1.82, 2.24) is 10.2 Å². The molecule has 142 valence electrons. The molecule has 2 aromatic carbocycles. The summed E-state index contributed by atoms with van der Waals surface area (Å²) in [6.07, 6.45) is 0.403. The maximum atomic E-state index is 13.5. The zero-order valence-electron chi connectivity index (χ0n) is 15.6. The highest BCUT2D eigenvalue weighted by Gasteiger charge is 2.27. The van der Waals surface area contributed by atoms with Crippen LogP contribution in [0.1, 0.15) is 30.0 Å². The Morgan fingerprint density at radius 1 is 1.30 bits per heavy atom. The molecule has 27 heavy (non-hydrogen) atoms. The van der Waals surface area contributed by atoms with Gasteiger partial charge in [-0.05, 0) is 37.1 Å². The lowest BCUT2D eigenvalue weighted by Gasteiger charge is -2.25. The van der Waals surface area contributed by atoms with Crippen LogP contribution in [0, 0.1) is 12.7 Å². The third-order valence-corrected chi connectivity index (χ3v) is 4.49. The standard InChI is InChI=1S/C21H24FN3O2/c1-3-23-21(26)25(13-16-8-6-9-17(22)11-16)14-18-12-20(24-27-18)19-10-5-4-7-15(19)2/h4-11,18H,3,12-14H2,1-2H3,(H,23,26)/t18-/m1/s1. The summed E-state index contributed by atoms with van der Waals surface area (Å²) in [6.45, 7) is 5.11. The fourth-order valence-electron chi connectivity index (χ4n) is 3.17. The molecule has 0 saturated carbocycles. The van der Waals surface area contributed by atoms with E-state index in [-0.39, 0.29) is 18.0 Å². The number of amides is 2. The summed E-state index contributed by atoms with van der Waals surface area (Å²) in [5, 5.41) is 7.03. The number of rotatable bonds is 6. The van der Waals surface area contributed by atoms with Crippen LogP contribution in [0.2, 0.25) is 0 Å². The van der Waals surface area contributed by atoms with Crippen molar-refractivity contribution in [2.45, 2.75) is 32.9 Å². The van der Waals surface area contributed by atoms with Crippen LogP contribution in [0.3, 0.4) is 0 Å². The monoisotopic (exact) mass is 369 g/mol. The van der Waals surface area contributed by atoms with Gasteiger partial charge in [-0.2, -0.15) is 0 Å². The quantitative estimate of drug-likeness (QED) is 0.841. The minimum Gasteiger partial charge on any atom is -0.390 e. The van der Waals surface area contributed by atoms with E-state index in [0.717, 1.165) is 22.4 Å². The van der Waals surface area contributed by atoms with E-state index in [2.05, 4.69) is 10.5 Å². The average molecular weight is 369 g/mol. The molecule has 0 spiro atoms. The summed E-state index contributed by atoms with van der Waals surface area (Å²) in [6, 6.07) is 14.1. The van der Waals surface area contributed by atoms with Crippen molar-refractivity contribution >= 4 is 11.7 Å². The molecule has 3 rings (SSSR count). The number of benzene rings is 2. The molecule has 6 heteroatoms. The second-order valence-electron chi connectivity index (χ2n) is 6.63. The predicted octanol–water partition coefficient (Wildman–Crippen LogP) is 3.86. The average Bonchev–Trinajstić information content (AvgIpc) is 3.10. The molecule has 0 unspecified atom stereocenters. The number of aryl methyl sites for hydroxylation is 1. The lowest BCUT2D eigenvalue weighted by molar-refractivity contribution is 0.0590. The van der Waals surface area contributed by atoms with E-state index in [9.17, 15) is 9.18 Å². The lowest BCUT2D eigenvalue weighted by atomic mass is 10.0. The van der Waals surface area contributed by atoms with Crippen molar-refractivity contribution in [2.24, 2.45) is 5.16 Å². The van der Waals surface area contributed by atoms with Gasteiger partial charge in [0.1, 0.15) is 5.82 Å². The Kier molecular flexibility index (Phi) is 6.06. The van der Waals surface area contributed by atoms with Gasteiger partial charge in [0, 0.05) is 25.1 Å². The first-order valence-electron chi connectivity index (χ1n) is 9.12. The van der Waals surface area contributed by atoms with Gasteiger partial charge in [-0.3, -0.25) is 0 Å². The maximum absolute atomic E-state index is 13.5. The Bertz CT molecular complexity index is 838. The predicted molar refractivity (Wildman–Crippen MR) is 103 cm³/mol. The summed E-state index contributed by atoms with van der Waals surface area (Å²) >= 11 is 0. The van der Waals surface area contributed by atoms with Gasteiger partial charge < -0.3 is 15.1 Å². The third-order valence-electron chi connectivity index (χ3n) is 4.49. The van der Waals surface area contributed by atoms with Gasteiger partial charge in [0.15, 0.2) is 6.10 Å². The topological polar surface area (TPSA) is 53.9 Å². The van der Waals surface area contributed by atoms with E-state index in [4.69, 9.17) is 4.84 Å². The summed E-state index contributed by atoms with van der Waals surface area (Å²) in [4.78, 5) is 19.7. The van der Waals surface area contributed by atoms with Crippen LogP contribution < -0.4 is 5.32 Å². The second-order valence-corrected chi connectivity index (χ2v) is 6.63. The number of oxime groups is 1. The van der Waals surface area contributed by atoms with Crippen molar-refractivity contribution < 1.29 is 14.0 Å². The zero-order valence-corrected chi connectivity index (χ0v) is 15.6. The van der Waals surface area contributed by atoms with Crippen molar-refractivity contribution in [2.75, 3.05) is 13.1 Å². The minimum absolute atomic E-state index is 0.199. The molecule has 1 aliphatic heterocycles. The van der Waals surface area contributed by atoms with E-state index in [0.29, 0.717) is 26.1 Å². The first kappa shape index (κ1) is 18.9. The number of nitrogens with zero attached hydrogens (tertiary/aromatic N) is 2. The fraction of sp³-hybridized carbons (Fsp3) is 0.333. The number of nitrogens with one attached hydrogen (secondary N) is 1. The number of hydrogen-bond donors (Lipinski definition) is 1. The highest BCUT2D eigenvalue weighted by molar-refractivity contribution is 6.02. The van der Waals surface area contributed by atoms with E-state index in [1.807, 2.05) is 38.1 Å². The Morgan fingerprint density at radius 2 is 2.11 bits per heavy atom. The molecule has 1 atom stereocenters. The van der Waals surface area contributed by atoms with Crippen LogP contribution in [0.5, 0.6) is 0 Å². The van der Waals surface area contributed by atoms with Gasteiger partial charge in [-0.15, -0.1) is 0 Å². The van der Waals surface area contributed by atoms with E-state index in [1.165, 1.54) is 12.1 Å². The lowest BCUT2D eigenvalue weighted by Crippen LogP contribution is -2.43. The minimum atomic E-state index is -0.314. The van der Waals surface area contributed by atoms with Crippen molar-refractivity contribution in [1.29, 1.82) is 0 Å². The molecule has 1 N–H and O–H groups in total. The Hall–Kier alpha value is -2.89. The number of carbonyl (C=O) groups excluding carboxylic acids is 1. The summed E-state index contributed by atoms with van der Waals surface area (Å²) in [5.74, 6) is -0.314. The zero-order chi connectivity index (χ0) is 19.2. The number of carbonyl (C=O) groups is 1. The van der Waals surface area contributed by atoms with Gasteiger partial charge in [0.2, 0.25) is 0 Å². The van der Waals surface area contributed by atoms with Gasteiger partial charge >= 0.3 is 6.03 Å². The number of hydrogen-bond acceptors (Lipinski definition) is 3. The van der Waals surface area contributed by atoms with Gasteiger partial charge in [-0.25, -0.2) is 9.18 Å². The van der Waals surface area contributed by atoms with Crippen LogP contribution in [-0.4, -0.2) is 35.8 Å². The first-order valence-corrected chi connectivity index (χ1v) is 9.12. The summed E-state index contributed by atoms with van der Waals surface area (Å²) < 4.78 is 13.5. The molecule has 0 saturated heterocycles. The summed E-state index contributed by atoms with van der Waals surface area (Å²) in [7, 11) is 0. The molecule has 5 nitrogen and oxygen atoms in total. The Balaban J connectivity index is 1.68. The molecule has 0 bridgehead atoms. The molecule has 1 heterocycles. The second kappa shape index (κ2) is 8.66. The van der Waals surface area contributed by atoms with E-state index < -0.39 is 0 Å². The molecule has 0 aromatic heterocycles. The van der Waals surface area contributed by atoms with Gasteiger partial charge in [0.05, 0.1) is 12.3 Å². The third kappa shape index (κ3) is 4.84. The fourth-order valence-corrected chi connectivity index (χ4v) is 3.17. The van der Waals surface area contributed by atoms with Crippen LogP contribution in [0.4, 0.5) is 9.18 Å². The van der Waals surface area contributed by atoms with E-state index in [1.54, 1.807) is 17.0 Å². The molecule has 0 fully saturated rings. The molecular weight excluding hydrogens is 345 g/mol. The van der Waals surface area contributed by atoms with Crippen LogP contribution in [-0.2, 0) is 11.4 Å². The van der Waals surface area contributed by atoms with Crippen molar-refractivity contribution in [3.05, 3.63) is 71.0 Å². The smallest absolute Gasteiger partial charge is 0.317 e. The van der Waals surface area contributed by atoms with Crippen molar-refractivity contribution in [3.8, 4) is 0 Å². The highest BCUT2D eigenvalue weighted by Crippen LogP contribution is 2.21. The van der Waals surface area contributed by atoms with Crippen LogP contribution in [0.15, 0.2) is 53.7 Å². The Morgan fingerprint density at radius 3 is 2.85 bits per heavy atom. The molecule has 0 radical (unpaired) electrons. The van der Waals surface area contributed by atoms with Gasteiger partial charge in [0.25, 0.3) is 0 Å². The summed E-state index contributed by atoms with van der Waals surface area (Å²) in [5.41, 5.74) is 3.83. The first-order chi connectivity index (χ1) is 13.1. The molecule has 2 aromatic rings. The van der Waals surface area contributed by atoms with E-state index >= 15 is 0 Å². The molecule has 2 amide bonds. The largest absolute Gasteiger partial charge is 0.390 e. The molecule has 1 aliphatic rings. The van der Waals surface area contributed by atoms with Crippen molar-refractivity contribution in [3.63, 3.8) is 0 Å². The van der Waals surface area contributed by atoms with Gasteiger partial charge in [-0.1, -0.05) is 41.6 Å². The molecular formula is C21H24FN3O2. The van der Waals surface area contributed by atoms with Crippen LogP contribution in [0.25, 0.3) is 0 Å². The number of halogens is 1. The molecule has 0 aliphatic carbocycles. The SMILES string of the molecule is CCNC(=O)N(Cc1cccc(F)c1)C[C@H]1CC(c2ccccc2C)=NO1. The highest BCUT2D eigenvalue weighted by atomic mass is 19.1. The normalized spacial score (nSPS) is 15.8. The maximum Gasteiger partial charge on any atom is 0.317 e.